The number of allylic oxidation sites excluding steroid dienone is 4. The second kappa shape index (κ2) is 13.3. The van der Waals surface area contributed by atoms with Gasteiger partial charge in [-0.25, -0.2) is 0 Å². The average molecular weight is 332 g/mol. The monoisotopic (exact) mass is 332 g/mol. The van der Waals surface area contributed by atoms with Crippen molar-refractivity contribution in [2.75, 3.05) is 20.4 Å². The number of hydrogen-bond acceptors (Lipinski definition) is 4. The van der Waals surface area contributed by atoms with Crippen LogP contribution in [0.4, 0.5) is 0 Å². The van der Waals surface area contributed by atoms with E-state index in [1.165, 1.54) is 14.2 Å². The third-order valence-electron chi connectivity index (χ3n) is 2.85. The van der Waals surface area contributed by atoms with Crippen LogP contribution in [0.2, 0.25) is 0 Å². The molecule has 0 aliphatic rings. The first-order chi connectivity index (χ1) is 10.1. The molecule has 120 valence electrons. The first-order valence-electron chi connectivity index (χ1n) is 6.95. The SMILES string of the molecule is CCC(CCC#CC/C=C\C=C\CP(=O)(OC)OC)OP. The fraction of sp³-hybridized carbons (Fsp3) is 0.600. The van der Waals surface area contributed by atoms with Crippen molar-refractivity contribution in [2.45, 2.75) is 38.7 Å². The van der Waals surface area contributed by atoms with Crippen LogP contribution in [-0.2, 0) is 18.1 Å². The van der Waals surface area contributed by atoms with E-state index in [-0.39, 0.29) is 12.3 Å². The summed E-state index contributed by atoms with van der Waals surface area (Å²) in [5.74, 6) is 6.20. The molecule has 0 saturated heterocycles. The molecule has 0 aromatic heterocycles. The van der Waals surface area contributed by atoms with Gasteiger partial charge in [0.1, 0.15) is 0 Å². The normalized spacial score (nSPS) is 13.5. The van der Waals surface area contributed by atoms with Gasteiger partial charge >= 0.3 is 7.60 Å². The summed E-state index contributed by atoms with van der Waals surface area (Å²) < 4.78 is 26.5. The second-order valence-electron chi connectivity index (χ2n) is 4.28. The predicted molar refractivity (Wildman–Crippen MR) is 91.3 cm³/mol. The summed E-state index contributed by atoms with van der Waals surface area (Å²) in [4.78, 5) is 0. The lowest BCUT2D eigenvalue weighted by Crippen LogP contribution is -2.04. The fourth-order valence-corrected chi connectivity index (χ4v) is 2.62. The van der Waals surface area contributed by atoms with Gasteiger partial charge in [-0.05, 0) is 12.8 Å². The molecule has 0 fully saturated rings. The van der Waals surface area contributed by atoms with Gasteiger partial charge in [0.15, 0.2) is 0 Å². The van der Waals surface area contributed by atoms with Gasteiger partial charge in [0.25, 0.3) is 0 Å². The molecule has 0 bridgehead atoms. The Balaban J connectivity index is 3.86. The highest BCUT2D eigenvalue weighted by molar-refractivity contribution is 7.54. The maximum Gasteiger partial charge on any atom is 0.333 e. The van der Waals surface area contributed by atoms with Gasteiger partial charge < -0.3 is 13.6 Å². The quantitative estimate of drug-likeness (QED) is 0.339. The van der Waals surface area contributed by atoms with Crippen molar-refractivity contribution in [3.8, 4) is 11.8 Å². The van der Waals surface area contributed by atoms with Gasteiger partial charge in [0, 0.05) is 36.5 Å². The Morgan fingerprint density at radius 3 is 2.43 bits per heavy atom. The Morgan fingerprint density at radius 1 is 1.19 bits per heavy atom. The molecular formula is C15H26O4P2. The van der Waals surface area contributed by atoms with Gasteiger partial charge in [-0.2, -0.15) is 0 Å². The van der Waals surface area contributed by atoms with E-state index in [1.54, 1.807) is 6.08 Å². The van der Waals surface area contributed by atoms with Crippen molar-refractivity contribution in [2.24, 2.45) is 0 Å². The molecule has 0 spiro atoms. The Morgan fingerprint density at radius 2 is 1.86 bits per heavy atom. The van der Waals surface area contributed by atoms with Crippen LogP contribution in [0.15, 0.2) is 24.3 Å². The predicted octanol–water partition coefficient (Wildman–Crippen LogP) is 4.34. The molecule has 0 heterocycles. The van der Waals surface area contributed by atoms with Crippen LogP contribution in [0.3, 0.4) is 0 Å². The van der Waals surface area contributed by atoms with E-state index >= 15 is 0 Å². The van der Waals surface area contributed by atoms with E-state index in [9.17, 15) is 4.57 Å². The zero-order valence-electron chi connectivity index (χ0n) is 13.1. The molecule has 4 nitrogen and oxygen atoms in total. The van der Waals surface area contributed by atoms with Crippen molar-refractivity contribution in [1.29, 1.82) is 0 Å². The lowest BCUT2D eigenvalue weighted by molar-refractivity contribution is 0.224. The second-order valence-corrected chi connectivity index (χ2v) is 6.87. The van der Waals surface area contributed by atoms with Gasteiger partial charge in [0.05, 0.1) is 12.3 Å². The summed E-state index contributed by atoms with van der Waals surface area (Å²) in [6.07, 6.45) is 11.5. The third kappa shape index (κ3) is 10.9. The van der Waals surface area contributed by atoms with Crippen LogP contribution in [0.5, 0.6) is 0 Å². The van der Waals surface area contributed by atoms with Crippen molar-refractivity contribution in [1.82, 2.24) is 0 Å². The van der Waals surface area contributed by atoms with Crippen molar-refractivity contribution in [3.05, 3.63) is 24.3 Å². The van der Waals surface area contributed by atoms with Crippen molar-refractivity contribution >= 4 is 17.1 Å². The first kappa shape index (κ1) is 20.6. The Hall–Kier alpha value is -0.420. The van der Waals surface area contributed by atoms with E-state index in [4.69, 9.17) is 13.6 Å². The Kier molecular flexibility index (Phi) is 13.0. The molecule has 21 heavy (non-hydrogen) atoms. The maximum atomic E-state index is 11.7. The van der Waals surface area contributed by atoms with E-state index in [1.807, 2.05) is 18.2 Å². The maximum absolute atomic E-state index is 11.7. The lowest BCUT2D eigenvalue weighted by atomic mass is 10.1. The van der Waals surface area contributed by atoms with Crippen molar-refractivity contribution in [3.63, 3.8) is 0 Å². The summed E-state index contributed by atoms with van der Waals surface area (Å²) in [6.45, 7) is 2.10. The zero-order chi connectivity index (χ0) is 16.0. The average Bonchev–Trinajstić information content (AvgIpc) is 2.52. The van der Waals surface area contributed by atoms with Crippen LogP contribution in [-0.4, -0.2) is 26.5 Å². The zero-order valence-corrected chi connectivity index (χ0v) is 15.1. The van der Waals surface area contributed by atoms with Gasteiger partial charge in [-0.3, -0.25) is 4.57 Å². The molecule has 0 aromatic rings. The topological polar surface area (TPSA) is 44.8 Å². The van der Waals surface area contributed by atoms with Gasteiger partial charge in [-0.1, -0.05) is 37.1 Å². The summed E-state index contributed by atoms with van der Waals surface area (Å²) in [6, 6.07) is 0. The molecule has 0 N–H and O–H groups in total. The largest absolute Gasteiger partial charge is 0.362 e. The molecule has 0 saturated carbocycles. The summed E-state index contributed by atoms with van der Waals surface area (Å²) in [5, 5.41) is 0. The molecule has 2 atom stereocenters. The highest BCUT2D eigenvalue weighted by atomic mass is 31.2. The minimum atomic E-state index is -2.93. The fourth-order valence-electron chi connectivity index (χ4n) is 1.46. The highest BCUT2D eigenvalue weighted by Gasteiger charge is 2.17. The molecule has 0 amide bonds. The number of hydrogen-bond donors (Lipinski definition) is 0. The Labute approximate surface area is 131 Å². The van der Waals surface area contributed by atoms with Crippen LogP contribution in [0, 0.1) is 11.8 Å². The third-order valence-corrected chi connectivity index (χ3v) is 5.01. The van der Waals surface area contributed by atoms with E-state index in [0.29, 0.717) is 6.42 Å². The molecule has 0 aliphatic heterocycles. The molecule has 0 aromatic carbocycles. The minimum Gasteiger partial charge on any atom is -0.362 e. The smallest absolute Gasteiger partial charge is 0.333 e. The molecule has 0 aliphatic carbocycles. The molecule has 0 radical (unpaired) electrons. The molecule has 2 unspecified atom stereocenters. The summed E-state index contributed by atoms with van der Waals surface area (Å²) in [5.41, 5.74) is 0. The van der Waals surface area contributed by atoms with Crippen LogP contribution in [0.25, 0.3) is 0 Å². The standard InChI is InChI=1S/C15H26O4P2/c1-4-15(19-20)13-11-9-7-5-6-8-10-12-14-21(16,17-2)18-3/h6,8,10,12,15H,4-5,11,13-14,20H2,1-3H3/b8-6-,12-10+. The Bertz CT molecular complexity index is 409. The number of rotatable bonds is 10. The highest BCUT2D eigenvalue weighted by Crippen LogP contribution is 2.46. The van der Waals surface area contributed by atoms with Crippen LogP contribution >= 0.6 is 17.1 Å². The minimum absolute atomic E-state index is 0.267. The van der Waals surface area contributed by atoms with Crippen molar-refractivity contribution < 1.29 is 18.1 Å². The lowest BCUT2D eigenvalue weighted by Gasteiger charge is -2.09. The van der Waals surface area contributed by atoms with Crippen LogP contribution in [0.1, 0.15) is 32.6 Å². The molecular weight excluding hydrogens is 306 g/mol. The van der Waals surface area contributed by atoms with E-state index < -0.39 is 7.60 Å². The summed E-state index contributed by atoms with van der Waals surface area (Å²) >= 11 is 0. The molecule has 0 rings (SSSR count). The van der Waals surface area contributed by atoms with Gasteiger partial charge in [0.2, 0.25) is 0 Å². The van der Waals surface area contributed by atoms with E-state index in [2.05, 4.69) is 28.2 Å². The van der Waals surface area contributed by atoms with Gasteiger partial charge in [-0.15, -0.1) is 5.92 Å². The molecule has 6 heteroatoms. The summed E-state index contributed by atoms with van der Waals surface area (Å²) in [7, 11) is 2.14. The van der Waals surface area contributed by atoms with Crippen LogP contribution < -0.4 is 0 Å². The first-order valence-corrected chi connectivity index (χ1v) is 9.15. The van der Waals surface area contributed by atoms with E-state index in [0.717, 1.165) is 19.3 Å².